The Hall–Kier alpha value is -4.37. The highest BCUT2D eigenvalue weighted by Gasteiger charge is 2.45. The maximum absolute atomic E-state index is 13.7. The van der Waals surface area contributed by atoms with Crippen LogP contribution in [-0.4, -0.2) is 61.9 Å². The van der Waals surface area contributed by atoms with E-state index in [1.54, 1.807) is 85.7 Å². The number of hydrogen-bond acceptors (Lipinski definition) is 5. The van der Waals surface area contributed by atoms with Crippen molar-refractivity contribution < 1.29 is 27.6 Å². The maximum atomic E-state index is 13.7. The molecule has 2 atom stereocenters. The van der Waals surface area contributed by atoms with Crippen LogP contribution in [0, 0.1) is 22.7 Å². The second-order valence-corrected chi connectivity index (χ2v) is 14.0. The van der Waals surface area contributed by atoms with Gasteiger partial charge in [0.05, 0.1) is 17.1 Å². The normalized spacial score (nSPS) is 16.2. The van der Waals surface area contributed by atoms with Crippen LogP contribution < -0.4 is 5.32 Å². The molecular formula is C35H40ClF3N6O3. The smallest absolute Gasteiger partial charge is 0.333 e. The average Bonchev–Trinajstić information content (AvgIpc) is 3.61. The second kappa shape index (κ2) is 14.4. The molecule has 0 spiro atoms. The Labute approximate surface area is 283 Å². The van der Waals surface area contributed by atoms with E-state index in [2.05, 4.69) is 10.3 Å². The molecule has 1 saturated heterocycles. The fourth-order valence-corrected chi connectivity index (χ4v) is 5.81. The first-order valence-corrected chi connectivity index (χ1v) is 16.1. The molecule has 3 aromatic rings. The second-order valence-electron chi connectivity index (χ2n) is 13.5. The Kier molecular flexibility index (Phi) is 10.9. The minimum Gasteiger partial charge on any atom is -0.333 e. The highest BCUT2D eigenvalue weighted by Crippen LogP contribution is 2.32. The molecule has 48 heavy (non-hydrogen) atoms. The topological polar surface area (TPSA) is 111 Å². The Balaban J connectivity index is 1.75. The molecule has 1 aliphatic heterocycles. The molecule has 1 aliphatic rings. The summed E-state index contributed by atoms with van der Waals surface area (Å²) in [5.41, 5.74) is 1.13. The summed E-state index contributed by atoms with van der Waals surface area (Å²) < 4.78 is 42.7. The SMILES string of the molecule is CC(C)C=C(C#N)C(=O)N1CCCC1Cn1c(NC(=O)c2ccc(Cl)cc2)nc2cc(CN(C(=O)C(F)(F)F)[C@@H](C)C(C)(C)C)ccc21. The number of allylic oxidation sites excluding steroid dienone is 1. The number of nitrogens with one attached hydrogen (secondary N) is 1. The number of amides is 3. The minimum absolute atomic E-state index is 0.000130. The predicted octanol–water partition coefficient (Wildman–Crippen LogP) is 7.36. The molecule has 1 unspecified atom stereocenters. The number of hydrogen-bond donors (Lipinski definition) is 1. The number of aromatic nitrogens is 2. The number of rotatable bonds is 9. The zero-order valence-corrected chi connectivity index (χ0v) is 28.6. The molecule has 13 heteroatoms. The summed E-state index contributed by atoms with van der Waals surface area (Å²) in [6.45, 7) is 11.0. The highest BCUT2D eigenvalue weighted by atomic mass is 35.5. The van der Waals surface area contributed by atoms with E-state index in [1.165, 1.54) is 0 Å². The molecule has 2 aromatic carbocycles. The number of nitriles is 1. The molecule has 0 saturated carbocycles. The van der Waals surface area contributed by atoms with E-state index in [4.69, 9.17) is 11.6 Å². The van der Waals surface area contributed by atoms with Crippen LogP contribution in [0.5, 0.6) is 0 Å². The molecule has 4 rings (SSSR count). The van der Waals surface area contributed by atoms with Crippen molar-refractivity contribution in [2.75, 3.05) is 11.9 Å². The van der Waals surface area contributed by atoms with Gasteiger partial charge < -0.3 is 14.4 Å². The van der Waals surface area contributed by atoms with Crippen molar-refractivity contribution in [3.8, 4) is 6.07 Å². The molecule has 2 heterocycles. The monoisotopic (exact) mass is 684 g/mol. The molecule has 256 valence electrons. The van der Waals surface area contributed by atoms with Crippen LogP contribution in [0.1, 0.15) is 70.3 Å². The van der Waals surface area contributed by atoms with Crippen molar-refractivity contribution >= 4 is 46.3 Å². The van der Waals surface area contributed by atoms with Gasteiger partial charge in [0.2, 0.25) is 5.95 Å². The summed E-state index contributed by atoms with van der Waals surface area (Å²) >= 11 is 6.00. The molecule has 1 N–H and O–H groups in total. The van der Waals surface area contributed by atoms with Crippen molar-refractivity contribution in [3.63, 3.8) is 0 Å². The van der Waals surface area contributed by atoms with Crippen molar-refractivity contribution in [2.24, 2.45) is 11.3 Å². The maximum Gasteiger partial charge on any atom is 0.471 e. The first-order chi connectivity index (χ1) is 22.4. The average molecular weight is 685 g/mol. The van der Waals surface area contributed by atoms with E-state index < -0.39 is 29.4 Å². The standard InChI is InChI=1S/C35H40ClF3N6O3/c1-21(2)16-25(18-40)31(47)43-15-7-8-27(43)20-45-29-14-9-23(19-44(22(3)34(4,5)6)32(48)35(37,38)39)17-28(29)41-33(45)42-30(46)24-10-12-26(36)13-11-24/h9-14,16-17,21-22,27H,7-8,15,19-20H2,1-6H3,(H,41,42,46)/t22-,27?/m0/s1. The van der Waals surface area contributed by atoms with Crippen LogP contribution in [-0.2, 0) is 22.7 Å². The molecule has 3 amide bonds. The van der Waals surface area contributed by atoms with Gasteiger partial charge in [-0.05, 0) is 73.1 Å². The Bertz CT molecular complexity index is 1750. The first kappa shape index (κ1) is 36.5. The number of benzene rings is 2. The summed E-state index contributed by atoms with van der Waals surface area (Å²) in [6.07, 6.45) is -2.05. The quantitative estimate of drug-likeness (QED) is 0.187. The number of likely N-dealkylation sites (tertiary alicyclic amines) is 1. The molecule has 0 bridgehead atoms. The summed E-state index contributed by atoms with van der Waals surface area (Å²) in [6, 6.07) is 12.2. The molecule has 1 aromatic heterocycles. The van der Waals surface area contributed by atoms with Crippen molar-refractivity contribution in [2.45, 2.75) is 85.7 Å². The number of carbonyl (C=O) groups excluding carboxylic acids is 3. The van der Waals surface area contributed by atoms with Gasteiger partial charge in [0.15, 0.2) is 0 Å². The Morgan fingerprint density at radius 2 is 1.79 bits per heavy atom. The number of carbonyl (C=O) groups is 3. The molecule has 1 fully saturated rings. The third kappa shape index (κ3) is 8.37. The van der Waals surface area contributed by atoms with Crippen LogP contribution >= 0.6 is 11.6 Å². The number of fused-ring (bicyclic) bond motifs is 1. The van der Waals surface area contributed by atoms with Gasteiger partial charge >= 0.3 is 12.1 Å². The van der Waals surface area contributed by atoms with Crippen LogP contribution in [0.2, 0.25) is 5.02 Å². The first-order valence-electron chi connectivity index (χ1n) is 15.8. The Morgan fingerprint density at radius 1 is 1.12 bits per heavy atom. The van der Waals surface area contributed by atoms with Crippen LogP contribution in [0.15, 0.2) is 54.1 Å². The van der Waals surface area contributed by atoms with Gasteiger partial charge in [-0.1, -0.05) is 58.4 Å². The lowest BCUT2D eigenvalue weighted by Crippen LogP contribution is -2.50. The number of alkyl halides is 3. The van der Waals surface area contributed by atoms with E-state index in [9.17, 15) is 32.8 Å². The highest BCUT2D eigenvalue weighted by molar-refractivity contribution is 6.30. The molecule has 0 radical (unpaired) electrons. The van der Waals surface area contributed by atoms with Gasteiger partial charge in [-0.3, -0.25) is 19.7 Å². The Morgan fingerprint density at radius 3 is 2.38 bits per heavy atom. The zero-order valence-electron chi connectivity index (χ0n) is 27.9. The molecular weight excluding hydrogens is 645 g/mol. The van der Waals surface area contributed by atoms with Crippen molar-refractivity contribution in [1.29, 1.82) is 5.26 Å². The third-order valence-corrected chi connectivity index (χ3v) is 8.86. The van der Waals surface area contributed by atoms with E-state index >= 15 is 0 Å². The van der Waals surface area contributed by atoms with Gasteiger partial charge in [-0.2, -0.15) is 18.4 Å². The lowest BCUT2D eigenvalue weighted by atomic mass is 9.86. The largest absolute Gasteiger partial charge is 0.471 e. The van der Waals surface area contributed by atoms with Gasteiger partial charge in [0, 0.05) is 36.3 Å². The summed E-state index contributed by atoms with van der Waals surface area (Å²) in [4.78, 5) is 46.4. The molecule has 0 aliphatic carbocycles. The van der Waals surface area contributed by atoms with Gasteiger partial charge in [-0.15, -0.1) is 0 Å². The van der Waals surface area contributed by atoms with E-state index in [0.29, 0.717) is 40.1 Å². The number of halogens is 4. The van der Waals surface area contributed by atoms with Crippen LogP contribution in [0.3, 0.4) is 0 Å². The van der Waals surface area contributed by atoms with Gasteiger partial charge in [0.25, 0.3) is 11.8 Å². The summed E-state index contributed by atoms with van der Waals surface area (Å²) in [5.74, 6) is -2.59. The number of nitrogens with zero attached hydrogens (tertiary/aromatic N) is 5. The lowest BCUT2D eigenvalue weighted by molar-refractivity contribution is -0.190. The predicted molar refractivity (Wildman–Crippen MR) is 178 cm³/mol. The lowest BCUT2D eigenvalue weighted by Gasteiger charge is -2.38. The van der Waals surface area contributed by atoms with Gasteiger partial charge in [0.1, 0.15) is 11.6 Å². The van der Waals surface area contributed by atoms with Crippen LogP contribution in [0.25, 0.3) is 11.0 Å². The third-order valence-electron chi connectivity index (χ3n) is 8.60. The summed E-state index contributed by atoms with van der Waals surface area (Å²) in [7, 11) is 0. The van der Waals surface area contributed by atoms with E-state index in [1.807, 2.05) is 19.9 Å². The van der Waals surface area contributed by atoms with E-state index in [-0.39, 0.29) is 42.5 Å². The van der Waals surface area contributed by atoms with Crippen molar-refractivity contribution in [3.05, 3.63) is 70.3 Å². The zero-order chi connectivity index (χ0) is 35.6. The van der Waals surface area contributed by atoms with Crippen molar-refractivity contribution in [1.82, 2.24) is 19.4 Å². The minimum atomic E-state index is -5.05. The molecule has 9 nitrogen and oxygen atoms in total. The number of anilines is 1. The number of imidazole rings is 1. The van der Waals surface area contributed by atoms with Gasteiger partial charge in [-0.25, -0.2) is 4.98 Å². The fourth-order valence-electron chi connectivity index (χ4n) is 5.69. The fraction of sp³-hybridized carbons (Fsp3) is 0.457. The van der Waals surface area contributed by atoms with Crippen LogP contribution in [0.4, 0.5) is 19.1 Å². The summed E-state index contributed by atoms with van der Waals surface area (Å²) in [5, 5.41) is 13.0. The van der Waals surface area contributed by atoms with E-state index in [0.717, 1.165) is 11.3 Å².